The molecule has 0 aromatic rings. The lowest BCUT2D eigenvalue weighted by molar-refractivity contribution is -0.138. The quantitative estimate of drug-likeness (QED) is 0.326. The zero-order chi connectivity index (χ0) is 17.3. The van der Waals surface area contributed by atoms with Crippen LogP contribution in [-0.4, -0.2) is 41.9 Å². The van der Waals surface area contributed by atoms with E-state index in [1.165, 1.54) is 0 Å². The molecule has 0 rings (SSSR count). The van der Waals surface area contributed by atoms with Gasteiger partial charge in [-0.3, -0.25) is 9.59 Å². The van der Waals surface area contributed by atoms with Crippen LogP contribution in [0.3, 0.4) is 0 Å². The highest BCUT2D eigenvalue weighted by Crippen LogP contribution is 1.91. The molecule has 0 bridgehead atoms. The molecule has 7 heteroatoms. The normalized spacial score (nSPS) is 11.5. The average molecular weight is 321 g/mol. The lowest BCUT2D eigenvalue weighted by atomic mass is 10.2. The Morgan fingerprint density at radius 1 is 1.48 bits per heavy atom. The molecule has 0 radical (unpaired) electrons. The van der Waals surface area contributed by atoms with E-state index in [0.29, 0.717) is 25.4 Å². The molecule has 0 saturated carbocycles. The number of thiol groups is 1. The molecule has 0 aromatic heterocycles. The summed E-state index contributed by atoms with van der Waals surface area (Å²) >= 11 is 4.09. The SMILES string of the molecule is C=C(CNC=O)NC(C)CS.CC.CCCC(N)C(=O)O. The lowest BCUT2D eigenvalue weighted by Gasteiger charge is -2.13. The fourth-order valence-electron chi connectivity index (χ4n) is 1.04. The minimum atomic E-state index is -0.910. The maximum absolute atomic E-state index is 9.96. The number of rotatable bonds is 9. The van der Waals surface area contributed by atoms with Crippen LogP contribution in [0.5, 0.6) is 0 Å². The first-order valence-corrected chi connectivity index (χ1v) is 7.72. The van der Waals surface area contributed by atoms with Crippen molar-refractivity contribution in [2.45, 2.75) is 52.6 Å². The van der Waals surface area contributed by atoms with Crippen LogP contribution in [-0.2, 0) is 9.59 Å². The standard InChI is InChI=1S/C7H14N2OS.C5H11NO2.C2H6/c1-6(3-8-5-10)9-7(2)4-11;1-2-3-4(6)5(7)8;1-2/h5,7,9,11H,1,3-4H2,2H3,(H,8,10);4H,2-3,6H2,1H3,(H,7,8);1-2H3. The van der Waals surface area contributed by atoms with Gasteiger partial charge in [0, 0.05) is 17.5 Å². The number of aliphatic carboxylic acids is 1. The third-order valence-corrected chi connectivity index (χ3v) is 2.59. The summed E-state index contributed by atoms with van der Waals surface area (Å²) < 4.78 is 0. The van der Waals surface area contributed by atoms with Gasteiger partial charge in [0.1, 0.15) is 6.04 Å². The van der Waals surface area contributed by atoms with Crippen molar-refractivity contribution < 1.29 is 14.7 Å². The number of hydrogen-bond donors (Lipinski definition) is 5. The first kappa shape index (κ1) is 24.8. The smallest absolute Gasteiger partial charge is 0.320 e. The van der Waals surface area contributed by atoms with Crippen LogP contribution < -0.4 is 16.4 Å². The second kappa shape index (κ2) is 18.8. The molecule has 0 fully saturated rings. The molecule has 0 heterocycles. The van der Waals surface area contributed by atoms with E-state index in [-0.39, 0.29) is 0 Å². The summed E-state index contributed by atoms with van der Waals surface area (Å²) in [5.41, 5.74) is 5.93. The summed E-state index contributed by atoms with van der Waals surface area (Å²) in [5, 5.41) is 13.8. The van der Waals surface area contributed by atoms with Gasteiger partial charge in [-0.25, -0.2) is 0 Å². The van der Waals surface area contributed by atoms with Crippen molar-refractivity contribution in [3.8, 4) is 0 Å². The minimum absolute atomic E-state index is 0.291. The second-order valence-electron chi connectivity index (χ2n) is 4.06. The van der Waals surface area contributed by atoms with E-state index in [0.717, 1.165) is 17.9 Å². The number of carboxylic acid groups (broad SMARTS) is 1. The van der Waals surface area contributed by atoms with E-state index < -0.39 is 12.0 Å². The van der Waals surface area contributed by atoms with Crippen molar-refractivity contribution in [1.29, 1.82) is 0 Å². The highest BCUT2D eigenvalue weighted by Gasteiger charge is 2.07. The van der Waals surface area contributed by atoms with Gasteiger partial charge >= 0.3 is 5.97 Å². The molecule has 21 heavy (non-hydrogen) atoms. The van der Waals surface area contributed by atoms with Crippen molar-refractivity contribution >= 4 is 25.0 Å². The molecule has 0 saturated heterocycles. The molecular formula is C14H31N3O3S. The summed E-state index contributed by atoms with van der Waals surface area (Å²) in [4.78, 5) is 19.8. The van der Waals surface area contributed by atoms with Gasteiger partial charge in [-0.1, -0.05) is 33.8 Å². The Bertz CT molecular complexity index is 276. The summed E-state index contributed by atoms with van der Waals surface area (Å²) in [5.74, 6) is -0.160. The molecule has 5 N–H and O–H groups in total. The van der Waals surface area contributed by atoms with E-state index in [1.807, 2.05) is 27.7 Å². The fraction of sp³-hybridized carbons (Fsp3) is 0.714. The summed E-state index contributed by atoms with van der Waals surface area (Å²) in [6.45, 7) is 12.1. The molecule has 1 amide bonds. The van der Waals surface area contributed by atoms with Gasteiger partial charge in [-0.05, 0) is 13.3 Å². The number of hydrogen-bond acceptors (Lipinski definition) is 5. The minimum Gasteiger partial charge on any atom is -0.480 e. The summed E-state index contributed by atoms with van der Waals surface area (Å²) in [6, 6.07) is -0.376. The topological polar surface area (TPSA) is 104 Å². The maximum Gasteiger partial charge on any atom is 0.320 e. The Morgan fingerprint density at radius 2 is 2.00 bits per heavy atom. The van der Waals surface area contributed by atoms with Crippen molar-refractivity contribution in [3.63, 3.8) is 0 Å². The highest BCUT2D eigenvalue weighted by molar-refractivity contribution is 7.80. The Balaban J connectivity index is -0.000000286. The van der Waals surface area contributed by atoms with Gasteiger partial charge in [-0.15, -0.1) is 0 Å². The largest absolute Gasteiger partial charge is 0.480 e. The van der Waals surface area contributed by atoms with E-state index in [1.54, 1.807) is 0 Å². The van der Waals surface area contributed by atoms with Crippen molar-refractivity contribution in [1.82, 2.24) is 10.6 Å². The van der Waals surface area contributed by atoms with Crippen molar-refractivity contribution in [3.05, 3.63) is 12.3 Å². The van der Waals surface area contributed by atoms with E-state index in [2.05, 4.69) is 29.8 Å². The van der Waals surface area contributed by atoms with Crippen LogP contribution in [0.2, 0.25) is 0 Å². The van der Waals surface area contributed by atoms with Crippen LogP contribution in [0.4, 0.5) is 0 Å². The zero-order valence-corrected chi connectivity index (χ0v) is 14.5. The number of carboxylic acids is 1. The van der Waals surface area contributed by atoms with Gasteiger partial charge in [0.25, 0.3) is 0 Å². The molecule has 0 aliphatic rings. The second-order valence-corrected chi connectivity index (χ2v) is 4.43. The lowest BCUT2D eigenvalue weighted by Crippen LogP contribution is -2.31. The predicted molar refractivity (Wildman–Crippen MR) is 91.5 cm³/mol. The zero-order valence-electron chi connectivity index (χ0n) is 13.6. The molecule has 2 unspecified atom stereocenters. The third kappa shape index (κ3) is 21.2. The van der Waals surface area contributed by atoms with Gasteiger partial charge in [0.2, 0.25) is 6.41 Å². The van der Waals surface area contributed by atoms with Crippen LogP contribution in [0, 0.1) is 0 Å². The molecule has 0 aliphatic heterocycles. The van der Waals surface area contributed by atoms with Crippen LogP contribution in [0.1, 0.15) is 40.5 Å². The monoisotopic (exact) mass is 321 g/mol. The molecule has 0 aliphatic carbocycles. The number of amides is 1. The molecule has 0 spiro atoms. The van der Waals surface area contributed by atoms with Gasteiger partial charge in [0.05, 0.1) is 6.54 Å². The van der Waals surface area contributed by atoms with Crippen molar-refractivity contribution in [2.24, 2.45) is 5.73 Å². The number of nitrogens with two attached hydrogens (primary N) is 1. The number of carbonyl (C=O) groups excluding carboxylic acids is 1. The molecule has 2 atom stereocenters. The van der Waals surface area contributed by atoms with Crippen LogP contribution in [0.15, 0.2) is 12.3 Å². The maximum atomic E-state index is 9.96. The predicted octanol–water partition coefficient (Wildman–Crippen LogP) is 1.38. The van der Waals surface area contributed by atoms with Crippen LogP contribution >= 0.6 is 12.6 Å². The molecule has 126 valence electrons. The molecule has 0 aromatic carbocycles. The molecular weight excluding hydrogens is 290 g/mol. The fourth-order valence-corrected chi connectivity index (χ4v) is 1.14. The third-order valence-electron chi connectivity index (χ3n) is 2.04. The highest BCUT2D eigenvalue weighted by atomic mass is 32.1. The van der Waals surface area contributed by atoms with Crippen LogP contribution in [0.25, 0.3) is 0 Å². The van der Waals surface area contributed by atoms with Gasteiger partial charge in [0.15, 0.2) is 0 Å². The Hall–Kier alpha value is -1.21. The average Bonchev–Trinajstić information content (AvgIpc) is 2.47. The van der Waals surface area contributed by atoms with Gasteiger partial charge < -0.3 is 21.5 Å². The van der Waals surface area contributed by atoms with E-state index >= 15 is 0 Å². The molecule has 6 nitrogen and oxygen atoms in total. The Labute approximate surface area is 134 Å². The number of nitrogens with one attached hydrogen (secondary N) is 2. The number of carbonyl (C=O) groups is 2. The van der Waals surface area contributed by atoms with E-state index in [9.17, 15) is 9.59 Å². The first-order valence-electron chi connectivity index (χ1n) is 7.09. The summed E-state index contributed by atoms with van der Waals surface area (Å²) in [7, 11) is 0. The Morgan fingerprint density at radius 3 is 2.29 bits per heavy atom. The van der Waals surface area contributed by atoms with E-state index in [4.69, 9.17) is 10.8 Å². The van der Waals surface area contributed by atoms with Crippen molar-refractivity contribution in [2.75, 3.05) is 12.3 Å². The summed E-state index contributed by atoms with van der Waals surface area (Å²) in [6.07, 6.45) is 2.04. The Kier molecular flexibility index (Phi) is 22.2. The first-order chi connectivity index (χ1) is 9.88. The van der Waals surface area contributed by atoms with Gasteiger partial charge in [-0.2, -0.15) is 12.6 Å².